The third-order valence-electron chi connectivity index (χ3n) is 3.13. The zero-order valence-electron chi connectivity index (χ0n) is 12.1. The fraction of sp³-hybridized carbons (Fsp3) is 0.267. The molecule has 0 unspecified atom stereocenters. The summed E-state index contributed by atoms with van der Waals surface area (Å²) < 4.78 is 0. The fourth-order valence-electron chi connectivity index (χ4n) is 1.92. The highest BCUT2D eigenvalue weighted by atomic mass is 16.1. The Morgan fingerprint density at radius 1 is 1.10 bits per heavy atom. The average molecular weight is 270 g/mol. The second kappa shape index (κ2) is 5.69. The number of hydrogen-bond donors (Lipinski definition) is 2. The molecule has 0 aliphatic heterocycles. The van der Waals surface area contributed by atoms with E-state index >= 15 is 0 Å². The number of aryl methyl sites for hydroxylation is 4. The first kappa shape index (κ1) is 14.0. The SMILES string of the molecule is Cc1cc(=O)[nH]c(N/N=C\c2cc(C)c(C)cc2C)n1. The second-order valence-electron chi connectivity index (χ2n) is 4.90. The third kappa shape index (κ3) is 3.32. The summed E-state index contributed by atoms with van der Waals surface area (Å²) >= 11 is 0. The molecule has 1 aromatic heterocycles. The van der Waals surface area contributed by atoms with E-state index in [-0.39, 0.29) is 5.56 Å². The minimum absolute atomic E-state index is 0.197. The molecule has 0 spiro atoms. The lowest BCUT2D eigenvalue weighted by Crippen LogP contribution is -2.10. The van der Waals surface area contributed by atoms with Gasteiger partial charge in [-0.2, -0.15) is 5.10 Å². The zero-order chi connectivity index (χ0) is 14.7. The van der Waals surface area contributed by atoms with Crippen LogP contribution in [0.3, 0.4) is 0 Å². The zero-order valence-corrected chi connectivity index (χ0v) is 12.1. The highest BCUT2D eigenvalue weighted by Crippen LogP contribution is 2.13. The molecule has 20 heavy (non-hydrogen) atoms. The number of benzene rings is 1. The lowest BCUT2D eigenvalue weighted by molar-refractivity contribution is 1.04. The summed E-state index contributed by atoms with van der Waals surface area (Å²) in [5.41, 5.74) is 7.87. The summed E-state index contributed by atoms with van der Waals surface area (Å²) in [5.74, 6) is 0.340. The average Bonchev–Trinajstić information content (AvgIpc) is 2.34. The first-order chi connectivity index (χ1) is 9.45. The van der Waals surface area contributed by atoms with Crippen LogP contribution >= 0.6 is 0 Å². The maximum Gasteiger partial charge on any atom is 0.252 e. The van der Waals surface area contributed by atoms with Gasteiger partial charge in [-0.25, -0.2) is 10.4 Å². The maximum absolute atomic E-state index is 11.3. The lowest BCUT2D eigenvalue weighted by atomic mass is 10.0. The van der Waals surface area contributed by atoms with E-state index in [1.165, 1.54) is 17.2 Å². The van der Waals surface area contributed by atoms with Gasteiger partial charge >= 0.3 is 0 Å². The minimum atomic E-state index is -0.197. The van der Waals surface area contributed by atoms with Crippen LogP contribution < -0.4 is 11.0 Å². The van der Waals surface area contributed by atoms with Crippen molar-refractivity contribution < 1.29 is 0 Å². The van der Waals surface area contributed by atoms with Crippen LogP contribution in [0.2, 0.25) is 0 Å². The summed E-state index contributed by atoms with van der Waals surface area (Å²) in [6.07, 6.45) is 1.73. The van der Waals surface area contributed by atoms with Gasteiger partial charge in [-0.3, -0.25) is 9.78 Å². The van der Waals surface area contributed by atoms with Crippen molar-refractivity contribution in [3.8, 4) is 0 Å². The van der Waals surface area contributed by atoms with Crippen LogP contribution in [0.4, 0.5) is 5.95 Å². The molecular weight excluding hydrogens is 252 g/mol. The molecule has 1 heterocycles. The highest BCUT2D eigenvalue weighted by molar-refractivity contribution is 5.82. The summed E-state index contributed by atoms with van der Waals surface area (Å²) in [6.45, 7) is 7.96. The Kier molecular flexibility index (Phi) is 3.98. The Morgan fingerprint density at radius 3 is 2.50 bits per heavy atom. The summed E-state index contributed by atoms with van der Waals surface area (Å²) in [7, 11) is 0. The maximum atomic E-state index is 11.3. The van der Waals surface area contributed by atoms with E-state index in [0.717, 1.165) is 11.1 Å². The van der Waals surface area contributed by atoms with Gasteiger partial charge in [0.25, 0.3) is 5.56 Å². The Hall–Kier alpha value is -2.43. The van der Waals surface area contributed by atoms with Crippen molar-refractivity contribution in [3.63, 3.8) is 0 Å². The van der Waals surface area contributed by atoms with Crippen LogP contribution in [0.1, 0.15) is 27.9 Å². The fourth-order valence-corrected chi connectivity index (χ4v) is 1.92. The molecule has 5 heteroatoms. The van der Waals surface area contributed by atoms with Gasteiger partial charge in [-0.1, -0.05) is 6.07 Å². The Bertz CT molecular complexity index is 716. The number of hydrazone groups is 1. The predicted molar refractivity (Wildman–Crippen MR) is 81.5 cm³/mol. The molecule has 0 aliphatic carbocycles. The first-order valence-electron chi connectivity index (χ1n) is 6.40. The van der Waals surface area contributed by atoms with E-state index in [4.69, 9.17) is 0 Å². The van der Waals surface area contributed by atoms with Crippen molar-refractivity contribution in [3.05, 3.63) is 56.5 Å². The van der Waals surface area contributed by atoms with Gasteiger partial charge in [0.15, 0.2) is 0 Å². The molecule has 0 saturated carbocycles. The molecule has 0 atom stereocenters. The largest absolute Gasteiger partial charge is 0.291 e. The van der Waals surface area contributed by atoms with E-state index < -0.39 is 0 Å². The minimum Gasteiger partial charge on any atom is -0.291 e. The van der Waals surface area contributed by atoms with E-state index in [2.05, 4.69) is 46.5 Å². The number of hydrogen-bond acceptors (Lipinski definition) is 4. The molecule has 2 rings (SSSR count). The molecule has 0 saturated heterocycles. The molecule has 0 radical (unpaired) electrons. The number of aromatic nitrogens is 2. The number of rotatable bonds is 3. The van der Waals surface area contributed by atoms with E-state index in [1.54, 1.807) is 13.1 Å². The van der Waals surface area contributed by atoms with Gasteiger partial charge in [-0.15, -0.1) is 0 Å². The molecule has 104 valence electrons. The number of H-pyrrole nitrogens is 1. The van der Waals surface area contributed by atoms with Crippen LogP contribution in [0, 0.1) is 27.7 Å². The van der Waals surface area contributed by atoms with Gasteiger partial charge in [0.05, 0.1) is 6.21 Å². The molecule has 2 aromatic rings. The standard InChI is InChI=1S/C15H18N4O/c1-9-5-11(3)13(6-10(9)2)8-16-19-15-17-12(4)7-14(20)18-15/h5-8H,1-4H3,(H2,17,18,19,20)/b16-8-. The van der Waals surface area contributed by atoms with E-state index in [9.17, 15) is 4.79 Å². The van der Waals surface area contributed by atoms with Crippen LogP contribution in [-0.2, 0) is 0 Å². The number of nitrogens with zero attached hydrogens (tertiary/aromatic N) is 2. The van der Waals surface area contributed by atoms with Crippen molar-refractivity contribution in [2.45, 2.75) is 27.7 Å². The Morgan fingerprint density at radius 2 is 1.80 bits per heavy atom. The molecule has 0 fully saturated rings. The predicted octanol–water partition coefficient (Wildman–Crippen LogP) is 2.45. The van der Waals surface area contributed by atoms with Crippen LogP contribution in [0.25, 0.3) is 0 Å². The number of aromatic amines is 1. The smallest absolute Gasteiger partial charge is 0.252 e. The summed E-state index contributed by atoms with van der Waals surface area (Å²) in [4.78, 5) is 18.0. The van der Waals surface area contributed by atoms with Gasteiger partial charge in [0.2, 0.25) is 5.95 Å². The normalized spacial score (nSPS) is 11.0. The summed E-state index contributed by atoms with van der Waals surface area (Å²) in [6, 6.07) is 5.65. The van der Waals surface area contributed by atoms with Crippen LogP contribution in [0.5, 0.6) is 0 Å². The molecule has 1 aromatic carbocycles. The van der Waals surface area contributed by atoms with Gasteiger partial charge in [0.1, 0.15) is 0 Å². The van der Waals surface area contributed by atoms with Crippen molar-refractivity contribution in [1.29, 1.82) is 0 Å². The van der Waals surface area contributed by atoms with Crippen molar-refractivity contribution in [1.82, 2.24) is 9.97 Å². The summed E-state index contributed by atoms with van der Waals surface area (Å²) in [5, 5.41) is 4.12. The quantitative estimate of drug-likeness (QED) is 0.665. The molecule has 0 bridgehead atoms. The van der Waals surface area contributed by atoms with Gasteiger partial charge < -0.3 is 0 Å². The lowest BCUT2D eigenvalue weighted by Gasteiger charge is -2.05. The number of nitrogens with one attached hydrogen (secondary N) is 2. The van der Waals surface area contributed by atoms with Gasteiger partial charge in [-0.05, 0) is 56.0 Å². The van der Waals surface area contributed by atoms with Crippen LogP contribution in [0.15, 0.2) is 28.1 Å². The molecular formula is C15H18N4O. The first-order valence-corrected chi connectivity index (χ1v) is 6.40. The molecule has 0 amide bonds. The molecule has 2 N–H and O–H groups in total. The number of anilines is 1. The van der Waals surface area contributed by atoms with E-state index in [0.29, 0.717) is 11.6 Å². The Labute approximate surface area is 117 Å². The highest BCUT2D eigenvalue weighted by Gasteiger charge is 2.00. The van der Waals surface area contributed by atoms with Crippen LogP contribution in [-0.4, -0.2) is 16.2 Å². The third-order valence-corrected chi connectivity index (χ3v) is 3.13. The van der Waals surface area contributed by atoms with Gasteiger partial charge in [0, 0.05) is 11.8 Å². The topological polar surface area (TPSA) is 70.1 Å². The second-order valence-corrected chi connectivity index (χ2v) is 4.90. The van der Waals surface area contributed by atoms with Crippen molar-refractivity contribution in [2.24, 2.45) is 5.10 Å². The van der Waals surface area contributed by atoms with Crippen molar-refractivity contribution in [2.75, 3.05) is 5.43 Å². The Balaban J connectivity index is 2.18. The molecule has 5 nitrogen and oxygen atoms in total. The van der Waals surface area contributed by atoms with E-state index in [1.807, 2.05) is 6.92 Å². The monoisotopic (exact) mass is 270 g/mol. The molecule has 0 aliphatic rings. The van der Waals surface area contributed by atoms with Crippen molar-refractivity contribution >= 4 is 12.2 Å².